The van der Waals surface area contributed by atoms with E-state index in [-0.39, 0.29) is 5.63 Å². The summed E-state index contributed by atoms with van der Waals surface area (Å²) in [5, 5.41) is 4.88. The van der Waals surface area contributed by atoms with Crippen LogP contribution in [0.25, 0.3) is 11.0 Å². The largest absolute Gasteiger partial charge is 0.423 e. The van der Waals surface area contributed by atoms with Crippen molar-refractivity contribution in [3.63, 3.8) is 0 Å². The first-order valence-corrected chi connectivity index (χ1v) is 9.25. The van der Waals surface area contributed by atoms with E-state index < -0.39 is 0 Å². The van der Waals surface area contributed by atoms with Crippen LogP contribution in [0.4, 0.5) is 0 Å². The van der Waals surface area contributed by atoms with Crippen molar-refractivity contribution in [2.24, 2.45) is 11.8 Å². The lowest BCUT2D eigenvalue weighted by atomic mass is 9.82. The number of hydrogen-bond acceptors (Lipinski definition) is 4. The second-order valence-corrected chi connectivity index (χ2v) is 7.75. The fourth-order valence-electron chi connectivity index (χ4n) is 5.26. The minimum absolute atomic E-state index is 0.233. The van der Waals surface area contributed by atoms with Gasteiger partial charge in [-0.2, -0.15) is 0 Å². The van der Waals surface area contributed by atoms with E-state index >= 15 is 0 Å². The quantitative estimate of drug-likeness (QED) is 0.882. The standard InChI is InChI=1S/C20H24N2O2/c1-2-12-3-6-19-14(7-12)13(8-20(23)24-19)9-22-10-15-16(11-22)18-5-4-17(15)21-18/h3,6-8,15-18,21H,2,4-5,9-11H2,1H3/t15-,16+,17-,18+. The van der Waals surface area contributed by atoms with Crippen LogP contribution in [0.1, 0.15) is 30.9 Å². The third-order valence-electron chi connectivity index (χ3n) is 6.43. The van der Waals surface area contributed by atoms with Gasteiger partial charge in [0.15, 0.2) is 0 Å². The third kappa shape index (κ3) is 2.24. The predicted octanol–water partition coefficient (Wildman–Crippen LogP) is 2.54. The lowest BCUT2D eigenvalue weighted by Gasteiger charge is -2.20. The topological polar surface area (TPSA) is 45.5 Å². The van der Waals surface area contributed by atoms with Crippen molar-refractivity contribution in [1.29, 1.82) is 0 Å². The van der Waals surface area contributed by atoms with Crippen LogP contribution < -0.4 is 10.9 Å². The van der Waals surface area contributed by atoms with Gasteiger partial charge < -0.3 is 9.73 Å². The molecule has 24 heavy (non-hydrogen) atoms. The van der Waals surface area contributed by atoms with Gasteiger partial charge in [0.1, 0.15) is 5.58 Å². The average molecular weight is 324 g/mol. The second-order valence-electron chi connectivity index (χ2n) is 7.75. The highest BCUT2D eigenvalue weighted by atomic mass is 16.4. The number of nitrogens with one attached hydrogen (secondary N) is 1. The molecule has 4 atom stereocenters. The van der Waals surface area contributed by atoms with Crippen molar-refractivity contribution < 1.29 is 4.42 Å². The zero-order valence-corrected chi connectivity index (χ0v) is 14.1. The Morgan fingerprint density at radius 3 is 2.62 bits per heavy atom. The molecule has 3 aliphatic rings. The molecule has 3 fully saturated rings. The van der Waals surface area contributed by atoms with Crippen LogP contribution in [0.15, 0.2) is 33.5 Å². The Bertz CT molecular complexity index is 825. The number of benzene rings is 1. The van der Waals surface area contributed by atoms with E-state index in [9.17, 15) is 4.79 Å². The Labute approximate surface area is 141 Å². The molecule has 2 bridgehead atoms. The molecule has 4 nitrogen and oxygen atoms in total. The molecule has 1 N–H and O–H groups in total. The van der Waals surface area contributed by atoms with Crippen molar-refractivity contribution >= 4 is 11.0 Å². The SMILES string of the molecule is CCc1ccc2oc(=O)cc(CN3C[C@@H]4[C@H](C3)[C@@H]3CC[C@H]4N3)c2c1. The van der Waals surface area contributed by atoms with Crippen LogP contribution in [0.2, 0.25) is 0 Å². The van der Waals surface area contributed by atoms with Crippen LogP contribution in [0.3, 0.4) is 0 Å². The van der Waals surface area contributed by atoms with Gasteiger partial charge >= 0.3 is 5.63 Å². The summed E-state index contributed by atoms with van der Waals surface area (Å²) < 4.78 is 5.40. The highest BCUT2D eigenvalue weighted by Crippen LogP contribution is 2.43. The molecule has 3 saturated heterocycles. The fraction of sp³-hybridized carbons (Fsp3) is 0.550. The van der Waals surface area contributed by atoms with E-state index in [1.54, 1.807) is 6.07 Å². The summed E-state index contributed by atoms with van der Waals surface area (Å²) in [5.41, 5.74) is 2.90. The Morgan fingerprint density at radius 2 is 1.92 bits per heavy atom. The molecule has 1 aromatic carbocycles. The van der Waals surface area contributed by atoms with Gasteiger partial charge in [-0.1, -0.05) is 13.0 Å². The summed E-state index contributed by atoms with van der Waals surface area (Å²) in [4.78, 5) is 14.5. The van der Waals surface area contributed by atoms with Crippen molar-refractivity contribution in [3.8, 4) is 0 Å². The van der Waals surface area contributed by atoms with E-state index in [0.717, 1.165) is 66.5 Å². The lowest BCUT2D eigenvalue weighted by Crippen LogP contribution is -2.31. The van der Waals surface area contributed by atoms with E-state index in [0.29, 0.717) is 0 Å². The maximum absolute atomic E-state index is 11.9. The van der Waals surface area contributed by atoms with Gasteiger partial charge in [-0.05, 0) is 54.4 Å². The molecule has 3 aliphatic heterocycles. The molecule has 0 unspecified atom stereocenters. The van der Waals surface area contributed by atoms with Gasteiger partial charge in [0.05, 0.1) is 0 Å². The van der Waals surface area contributed by atoms with Crippen LogP contribution in [-0.4, -0.2) is 30.1 Å². The first-order chi connectivity index (χ1) is 11.7. The monoisotopic (exact) mass is 324 g/mol. The minimum Gasteiger partial charge on any atom is -0.423 e. The molecule has 0 aliphatic carbocycles. The summed E-state index contributed by atoms with van der Waals surface area (Å²) in [6.45, 7) is 5.34. The maximum Gasteiger partial charge on any atom is 0.336 e. The molecule has 0 amide bonds. The normalized spacial score (nSPS) is 31.9. The van der Waals surface area contributed by atoms with Crippen molar-refractivity contribution in [2.75, 3.05) is 13.1 Å². The summed E-state index contributed by atoms with van der Waals surface area (Å²) >= 11 is 0. The molecule has 4 heteroatoms. The van der Waals surface area contributed by atoms with E-state index in [1.807, 2.05) is 6.07 Å². The van der Waals surface area contributed by atoms with Crippen LogP contribution in [0.5, 0.6) is 0 Å². The zero-order chi connectivity index (χ0) is 16.3. The Balaban J connectivity index is 1.46. The van der Waals surface area contributed by atoms with Gasteiger partial charge in [-0.3, -0.25) is 4.90 Å². The fourth-order valence-corrected chi connectivity index (χ4v) is 5.26. The first-order valence-electron chi connectivity index (χ1n) is 9.25. The summed E-state index contributed by atoms with van der Waals surface area (Å²) in [6.07, 6.45) is 3.69. The number of hydrogen-bond donors (Lipinski definition) is 1. The van der Waals surface area contributed by atoms with Crippen LogP contribution in [0, 0.1) is 11.8 Å². The maximum atomic E-state index is 11.9. The number of likely N-dealkylation sites (tertiary alicyclic amines) is 1. The molecule has 126 valence electrons. The van der Waals surface area contributed by atoms with Gasteiger partial charge in [0.25, 0.3) is 0 Å². The van der Waals surface area contributed by atoms with Gasteiger partial charge in [0.2, 0.25) is 0 Å². The first kappa shape index (κ1) is 14.7. The van der Waals surface area contributed by atoms with E-state index in [2.05, 4.69) is 29.3 Å². The molecule has 0 spiro atoms. The summed E-state index contributed by atoms with van der Waals surface area (Å²) in [6, 6.07) is 9.35. The third-order valence-corrected chi connectivity index (χ3v) is 6.43. The highest BCUT2D eigenvalue weighted by molar-refractivity contribution is 5.80. The van der Waals surface area contributed by atoms with Crippen molar-refractivity contribution in [2.45, 2.75) is 44.8 Å². The smallest absolute Gasteiger partial charge is 0.336 e. The van der Waals surface area contributed by atoms with Crippen molar-refractivity contribution in [3.05, 3.63) is 45.8 Å². The Morgan fingerprint density at radius 1 is 1.17 bits per heavy atom. The van der Waals surface area contributed by atoms with E-state index in [1.165, 1.54) is 18.4 Å². The van der Waals surface area contributed by atoms with Crippen LogP contribution >= 0.6 is 0 Å². The number of fused-ring (bicyclic) bond motifs is 6. The molecular weight excluding hydrogens is 300 g/mol. The summed E-state index contributed by atoms with van der Waals surface area (Å²) in [5.74, 6) is 1.61. The Hall–Kier alpha value is -1.65. The lowest BCUT2D eigenvalue weighted by molar-refractivity contribution is 0.295. The molecule has 0 saturated carbocycles. The minimum atomic E-state index is -0.233. The number of nitrogens with zero attached hydrogens (tertiary/aromatic N) is 1. The molecular formula is C20H24N2O2. The van der Waals surface area contributed by atoms with Gasteiger partial charge in [-0.25, -0.2) is 4.79 Å². The van der Waals surface area contributed by atoms with E-state index in [4.69, 9.17) is 4.42 Å². The second kappa shape index (κ2) is 5.43. The zero-order valence-electron chi connectivity index (χ0n) is 14.1. The number of aryl methyl sites for hydroxylation is 1. The Kier molecular flexibility index (Phi) is 3.32. The molecule has 1 aromatic heterocycles. The highest BCUT2D eigenvalue weighted by Gasteiger charge is 2.51. The molecule has 4 heterocycles. The molecule has 0 radical (unpaired) electrons. The molecule has 5 rings (SSSR count). The van der Waals surface area contributed by atoms with Crippen LogP contribution in [-0.2, 0) is 13.0 Å². The average Bonchev–Trinajstić information content (AvgIpc) is 3.27. The van der Waals surface area contributed by atoms with Gasteiger partial charge in [-0.15, -0.1) is 0 Å². The van der Waals surface area contributed by atoms with Crippen molar-refractivity contribution in [1.82, 2.24) is 10.2 Å². The molecule has 2 aromatic rings. The van der Waals surface area contributed by atoms with Gasteiger partial charge in [0, 0.05) is 43.2 Å². The number of rotatable bonds is 3. The predicted molar refractivity (Wildman–Crippen MR) is 94.1 cm³/mol. The summed E-state index contributed by atoms with van der Waals surface area (Å²) in [7, 11) is 0.